The molecule has 2 aromatic rings. The Morgan fingerprint density at radius 2 is 1.93 bits per heavy atom. The van der Waals surface area contributed by atoms with Crippen LogP contribution in [-0.2, 0) is 9.59 Å². The maximum atomic E-state index is 12.4. The lowest BCUT2D eigenvalue weighted by atomic mass is 10.1. The number of hydrogen-bond acceptors (Lipinski definition) is 5. The third-order valence-electron chi connectivity index (χ3n) is 4.61. The van der Waals surface area contributed by atoms with E-state index in [1.54, 1.807) is 37.3 Å². The van der Waals surface area contributed by atoms with Gasteiger partial charge in [0.15, 0.2) is 0 Å². The van der Waals surface area contributed by atoms with E-state index in [2.05, 4.69) is 10.9 Å². The largest absolute Gasteiger partial charge is 0.311 e. The van der Waals surface area contributed by atoms with E-state index >= 15 is 0 Å². The van der Waals surface area contributed by atoms with Crippen LogP contribution < -0.4 is 15.8 Å². The molecular formula is C19H17ClN4O5. The molecule has 1 aliphatic rings. The second-order valence-corrected chi connectivity index (χ2v) is 6.96. The summed E-state index contributed by atoms with van der Waals surface area (Å²) in [7, 11) is 0. The van der Waals surface area contributed by atoms with Gasteiger partial charge in [-0.1, -0.05) is 29.8 Å². The van der Waals surface area contributed by atoms with Crippen LogP contribution in [-0.4, -0.2) is 29.2 Å². The number of hydrazine groups is 1. The molecule has 1 heterocycles. The predicted molar refractivity (Wildman–Crippen MR) is 105 cm³/mol. The smallest absolute Gasteiger partial charge is 0.274 e. The van der Waals surface area contributed by atoms with Crippen LogP contribution in [0.5, 0.6) is 0 Å². The number of halogens is 1. The first-order valence-corrected chi connectivity index (χ1v) is 9.06. The first kappa shape index (κ1) is 20.3. The van der Waals surface area contributed by atoms with Crippen molar-refractivity contribution in [3.63, 3.8) is 0 Å². The molecule has 150 valence electrons. The summed E-state index contributed by atoms with van der Waals surface area (Å²) >= 11 is 5.94. The Kier molecular flexibility index (Phi) is 5.79. The van der Waals surface area contributed by atoms with E-state index in [1.165, 1.54) is 17.0 Å². The van der Waals surface area contributed by atoms with Crippen molar-refractivity contribution >= 4 is 40.7 Å². The van der Waals surface area contributed by atoms with Crippen LogP contribution in [0.25, 0.3) is 0 Å². The number of hydrogen-bond donors (Lipinski definition) is 2. The Labute approximate surface area is 170 Å². The number of nitrogens with one attached hydrogen (secondary N) is 2. The lowest BCUT2D eigenvalue weighted by Gasteiger charge is -2.17. The summed E-state index contributed by atoms with van der Waals surface area (Å²) in [6.07, 6.45) is -0.0739. The lowest BCUT2D eigenvalue weighted by molar-refractivity contribution is -0.385. The maximum absolute atomic E-state index is 12.4. The van der Waals surface area contributed by atoms with Crippen LogP contribution in [0, 0.1) is 23.0 Å². The number of rotatable bonds is 4. The maximum Gasteiger partial charge on any atom is 0.274 e. The van der Waals surface area contributed by atoms with Crippen molar-refractivity contribution in [1.82, 2.24) is 10.9 Å². The first-order valence-electron chi connectivity index (χ1n) is 8.68. The van der Waals surface area contributed by atoms with E-state index in [1.807, 2.05) is 0 Å². The van der Waals surface area contributed by atoms with Crippen molar-refractivity contribution in [2.24, 2.45) is 5.92 Å². The monoisotopic (exact) mass is 416 g/mol. The van der Waals surface area contributed by atoms with Crippen LogP contribution in [0.3, 0.4) is 0 Å². The number of nitro groups is 1. The van der Waals surface area contributed by atoms with E-state index in [-0.39, 0.29) is 35.1 Å². The molecule has 3 rings (SSSR count). The number of nitro benzene ring substituents is 1. The summed E-state index contributed by atoms with van der Waals surface area (Å²) in [6.45, 7) is 1.65. The van der Waals surface area contributed by atoms with Gasteiger partial charge >= 0.3 is 0 Å². The zero-order valence-corrected chi connectivity index (χ0v) is 16.1. The zero-order chi connectivity index (χ0) is 21.1. The molecule has 1 fully saturated rings. The zero-order valence-electron chi connectivity index (χ0n) is 15.3. The molecule has 0 aliphatic carbocycles. The molecule has 0 saturated carbocycles. The standard InChI is InChI=1S/C19H17ClN4O5/c1-11-6-7-13(9-16(11)24(28)29)23-10-12(8-17(23)25)18(26)21-22-19(27)14-4-2-3-5-15(14)20/h2-7,9,12H,8,10H2,1H3,(H,21,26)(H,22,27)/t12-/m1/s1. The molecule has 3 amide bonds. The third-order valence-corrected chi connectivity index (χ3v) is 4.94. The summed E-state index contributed by atoms with van der Waals surface area (Å²) in [4.78, 5) is 48.7. The molecule has 0 aromatic heterocycles. The Balaban J connectivity index is 1.65. The molecule has 1 saturated heterocycles. The number of nitrogens with zero attached hydrogens (tertiary/aromatic N) is 2. The van der Waals surface area contributed by atoms with Crippen LogP contribution >= 0.6 is 11.6 Å². The average Bonchev–Trinajstić information content (AvgIpc) is 3.08. The normalized spacial score (nSPS) is 15.9. The lowest BCUT2D eigenvalue weighted by Crippen LogP contribution is -2.45. The fourth-order valence-corrected chi connectivity index (χ4v) is 3.25. The van der Waals surface area contributed by atoms with Gasteiger partial charge in [-0.3, -0.25) is 35.3 Å². The van der Waals surface area contributed by atoms with Gasteiger partial charge in [-0.2, -0.15) is 0 Å². The van der Waals surface area contributed by atoms with Gasteiger partial charge in [0.1, 0.15) is 0 Å². The van der Waals surface area contributed by atoms with Gasteiger partial charge in [0.05, 0.1) is 27.1 Å². The number of anilines is 1. The van der Waals surface area contributed by atoms with Crippen LogP contribution in [0.15, 0.2) is 42.5 Å². The molecule has 9 nitrogen and oxygen atoms in total. The van der Waals surface area contributed by atoms with Crippen molar-refractivity contribution in [1.29, 1.82) is 0 Å². The molecular weight excluding hydrogens is 400 g/mol. The number of carbonyl (C=O) groups excluding carboxylic acids is 3. The van der Waals surface area contributed by atoms with Gasteiger partial charge in [-0.05, 0) is 25.1 Å². The Morgan fingerprint density at radius 3 is 2.62 bits per heavy atom. The molecule has 29 heavy (non-hydrogen) atoms. The van der Waals surface area contributed by atoms with Crippen molar-refractivity contribution in [2.45, 2.75) is 13.3 Å². The molecule has 10 heteroatoms. The highest BCUT2D eigenvalue weighted by Gasteiger charge is 2.36. The number of amides is 3. The molecule has 1 atom stereocenters. The van der Waals surface area contributed by atoms with E-state index < -0.39 is 22.7 Å². The van der Waals surface area contributed by atoms with Gasteiger partial charge in [-0.25, -0.2) is 0 Å². The second-order valence-electron chi connectivity index (χ2n) is 6.56. The van der Waals surface area contributed by atoms with Crippen LogP contribution in [0.2, 0.25) is 5.02 Å². The molecule has 2 N–H and O–H groups in total. The summed E-state index contributed by atoms with van der Waals surface area (Å²) in [5.74, 6) is -2.17. The number of benzene rings is 2. The Morgan fingerprint density at radius 1 is 1.21 bits per heavy atom. The quantitative estimate of drug-likeness (QED) is 0.585. The highest BCUT2D eigenvalue weighted by atomic mass is 35.5. The van der Waals surface area contributed by atoms with Gasteiger partial charge < -0.3 is 4.90 Å². The van der Waals surface area contributed by atoms with Crippen LogP contribution in [0.1, 0.15) is 22.3 Å². The van der Waals surface area contributed by atoms with E-state index in [0.717, 1.165) is 0 Å². The Bertz CT molecular complexity index is 1010. The molecule has 0 radical (unpaired) electrons. The SMILES string of the molecule is Cc1ccc(N2C[C@H](C(=O)NNC(=O)c3ccccc3Cl)CC2=O)cc1[N+](=O)[O-]. The minimum Gasteiger partial charge on any atom is -0.311 e. The van der Waals surface area contributed by atoms with Crippen LogP contribution in [0.4, 0.5) is 11.4 Å². The van der Waals surface area contributed by atoms with Gasteiger partial charge in [0.25, 0.3) is 11.6 Å². The van der Waals surface area contributed by atoms with E-state index in [9.17, 15) is 24.5 Å². The number of carbonyl (C=O) groups is 3. The molecule has 0 unspecified atom stereocenters. The van der Waals surface area contributed by atoms with Gasteiger partial charge in [0, 0.05) is 24.6 Å². The van der Waals surface area contributed by atoms with Crippen molar-refractivity contribution < 1.29 is 19.3 Å². The predicted octanol–water partition coefficient (Wildman–Crippen LogP) is 2.37. The molecule has 0 bridgehead atoms. The minimum absolute atomic E-state index is 0.0485. The average molecular weight is 417 g/mol. The summed E-state index contributed by atoms with van der Waals surface area (Å²) in [6, 6.07) is 10.8. The Hall–Kier alpha value is -3.46. The van der Waals surface area contributed by atoms with Crippen molar-refractivity contribution in [3.05, 3.63) is 68.7 Å². The highest BCUT2D eigenvalue weighted by Crippen LogP contribution is 2.30. The summed E-state index contributed by atoms with van der Waals surface area (Å²) in [5, 5.41) is 11.4. The molecule has 2 aromatic carbocycles. The van der Waals surface area contributed by atoms with Gasteiger partial charge in [0.2, 0.25) is 11.8 Å². The molecule has 1 aliphatic heterocycles. The van der Waals surface area contributed by atoms with Crippen molar-refractivity contribution in [2.75, 3.05) is 11.4 Å². The third kappa shape index (κ3) is 4.35. The summed E-state index contributed by atoms with van der Waals surface area (Å²) < 4.78 is 0. The second kappa shape index (κ2) is 8.27. The number of aryl methyl sites for hydroxylation is 1. The summed E-state index contributed by atoms with van der Waals surface area (Å²) in [5.41, 5.74) is 5.49. The first-order chi connectivity index (χ1) is 13.8. The van der Waals surface area contributed by atoms with E-state index in [4.69, 9.17) is 11.6 Å². The topological polar surface area (TPSA) is 122 Å². The van der Waals surface area contributed by atoms with Gasteiger partial charge in [-0.15, -0.1) is 0 Å². The highest BCUT2D eigenvalue weighted by molar-refractivity contribution is 6.33. The fraction of sp³-hybridized carbons (Fsp3) is 0.211. The minimum atomic E-state index is -0.714. The van der Waals surface area contributed by atoms with E-state index in [0.29, 0.717) is 11.3 Å². The molecule has 0 spiro atoms. The fourth-order valence-electron chi connectivity index (χ4n) is 3.03. The van der Waals surface area contributed by atoms with Crippen molar-refractivity contribution in [3.8, 4) is 0 Å².